The number of rotatable bonds is 4. The van der Waals surface area contributed by atoms with Crippen molar-refractivity contribution in [3.8, 4) is 0 Å². The van der Waals surface area contributed by atoms with Crippen LogP contribution < -0.4 is 0 Å². The largest absolute Gasteiger partial charge is 0.342 e. The molecule has 3 rings (SSSR count). The Kier molecular flexibility index (Phi) is 5.54. The highest BCUT2D eigenvalue weighted by Gasteiger charge is 2.30. The zero-order chi connectivity index (χ0) is 16.2. The number of nitrogens with zero attached hydrogens (tertiary/aromatic N) is 4. The van der Waals surface area contributed by atoms with Crippen molar-refractivity contribution in [2.45, 2.75) is 38.6 Å². The molecule has 3 aliphatic heterocycles. The molecule has 0 aromatic heterocycles. The summed E-state index contributed by atoms with van der Waals surface area (Å²) in [5.74, 6) is 0.557. The highest BCUT2D eigenvalue weighted by atomic mass is 16.2. The van der Waals surface area contributed by atoms with E-state index >= 15 is 0 Å². The van der Waals surface area contributed by atoms with Gasteiger partial charge in [-0.25, -0.2) is 0 Å². The van der Waals surface area contributed by atoms with E-state index in [-0.39, 0.29) is 17.9 Å². The summed E-state index contributed by atoms with van der Waals surface area (Å²) in [7, 11) is 0. The van der Waals surface area contributed by atoms with Gasteiger partial charge in [-0.1, -0.05) is 0 Å². The molecule has 2 amide bonds. The second-order valence-corrected chi connectivity index (χ2v) is 7.11. The Morgan fingerprint density at radius 2 is 1.30 bits per heavy atom. The minimum Gasteiger partial charge on any atom is -0.342 e. The first-order valence-corrected chi connectivity index (χ1v) is 9.18. The van der Waals surface area contributed by atoms with Crippen molar-refractivity contribution in [1.82, 2.24) is 19.6 Å². The Hall–Kier alpha value is -1.14. The molecule has 0 spiro atoms. The third-order valence-corrected chi connectivity index (χ3v) is 5.55. The van der Waals surface area contributed by atoms with Gasteiger partial charge in [-0.3, -0.25) is 19.4 Å². The second kappa shape index (κ2) is 7.62. The van der Waals surface area contributed by atoms with Crippen LogP contribution in [0, 0.1) is 0 Å². The van der Waals surface area contributed by atoms with Crippen LogP contribution in [0.2, 0.25) is 0 Å². The number of hydrogen-bond donors (Lipinski definition) is 0. The molecule has 3 aliphatic rings. The molecule has 0 aliphatic carbocycles. The van der Waals surface area contributed by atoms with E-state index < -0.39 is 0 Å². The van der Waals surface area contributed by atoms with Crippen LogP contribution >= 0.6 is 0 Å². The molecule has 0 aromatic rings. The van der Waals surface area contributed by atoms with Crippen molar-refractivity contribution in [2.24, 2.45) is 0 Å². The molecule has 130 valence electrons. The Balaban J connectivity index is 1.42. The van der Waals surface area contributed by atoms with E-state index in [1.165, 1.54) is 0 Å². The van der Waals surface area contributed by atoms with Crippen LogP contribution in [-0.2, 0) is 9.59 Å². The summed E-state index contributed by atoms with van der Waals surface area (Å²) >= 11 is 0. The van der Waals surface area contributed by atoms with Gasteiger partial charge < -0.3 is 9.80 Å². The molecule has 3 heterocycles. The molecule has 0 bridgehead atoms. The van der Waals surface area contributed by atoms with Gasteiger partial charge in [-0.2, -0.15) is 0 Å². The van der Waals surface area contributed by atoms with Gasteiger partial charge >= 0.3 is 0 Å². The van der Waals surface area contributed by atoms with Crippen molar-refractivity contribution in [3.05, 3.63) is 0 Å². The first kappa shape index (κ1) is 16.7. The van der Waals surface area contributed by atoms with Gasteiger partial charge in [0.15, 0.2) is 0 Å². The number of hydrogen-bond acceptors (Lipinski definition) is 4. The van der Waals surface area contributed by atoms with E-state index in [0.717, 1.165) is 78.0 Å². The third-order valence-electron chi connectivity index (χ3n) is 5.55. The standard InChI is InChI=1S/C17H30N4O2/c1-15(17(23)21-8-4-5-9-21)19-12-10-18(11-13-19)14-16(22)20-6-2-3-7-20/h15H,2-14H2,1H3. The Morgan fingerprint density at radius 3 is 1.87 bits per heavy atom. The van der Waals surface area contributed by atoms with E-state index in [9.17, 15) is 9.59 Å². The van der Waals surface area contributed by atoms with Gasteiger partial charge in [-0.05, 0) is 32.6 Å². The lowest BCUT2D eigenvalue weighted by molar-refractivity contribution is -0.137. The molecular weight excluding hydrogens is 292 g/mol. The molecular formula is C17H30N4O2. The monoisotopic (exact) mass is 322 g/mol. The summed E-state index contributed by atoms with van der Waals surface area (Å²) < 4.78 is 0. The molecule has 0 N–H and O–H groups in total. The molecule has 6 heteroatoms. The number of amides is 2. The summed E-state index contributed by atoms with van der Waals surface area (Å²) in [6, 6.07) is -0.0236. The molecule has 0 saturated carbocycles. The van der Waals surface area contributed by atoms with Crippen LogP contribution in [0.15, 0.2) is 0 Å². The quantitative estimate of drug-likeness (QED) is 0.744. The number of carbonyl (C=O) groups is 2. The Morgan fingerprint density at radius 1 is 0.783 bits per heavy atom. The highest BCUT2D eigenvalue weighted by Crippen LogP contribution is 2.14. The van der Waals surface area contributed by atoms with Gasteiger partial charge in [0.25, 0.3) is 0 Å². The number of likely N-dealkylation sites (tertiary alicyclic amines) is 2. The molecule has 3 fully saturated rings. The summed E-state index contributed by atoms with van der Waals surface area (Å²) in [5, 5.41) is 0. The van der Waals surface area contributed by atoms with E-state index in [1.54, 1.807) is 0 Å². The summed E-state index contributed by atoms with van der Waals surface area (Å²) in [6.07, 6.45) is 4.58. The first-order chi connectivity index (χ1) is 11.1. The first-order valence-electron chi connectivity index (χ1n) is 9.18. The minimum atomic E-state index is -0.0236. The molecule has 3 saturated heterocycles. The van der Waals surface area contributed by atoms with Gasteiger partial charge in [0.05, 0.1) is 12.6 Å². The molecule has 0 aromatic carbocycles. The maximum Gasteiger partial charge on any atom is 0.239 e. The van der Waals surface area contributed by atoms with Crippen molar-refractivity contribution in [2.75, 3.05) is 58.9 Å². The smallest absolute Gasteiger partial charge is 0.239 e. The maximum atomic E-state index is 12.5. The van der Waals surface area contributed by atoms with Crippen molar-refractivity contribution >= 4 is 11.8 Å². The predicted molar refractivity (Wildman–Crippen MR) is 89.1 cm³/mol. The lowest BCUT2D eigenvalue weighted by atomic mass is 10.2. The zero-order valence-electron chi connectivity index (χ0n) is 14.4. The Labute approximate surface area is 139 Å². The topological polar surface area (TPSA) is 47.1 Å². The van der Waals surface area contributed by atoms with Crippen molar-refractivity contribution < 1.29 is 9.59 Å². The molecule has 6 nitrogen and oxygen atoms in total. The average Bonchev–Trinajstić information content (AvgIpc) is 3.27. The van der Waals surface area contributed by atoms with E-state index in [2.05, 4.69) is 9.80 Å². The van der Waals surface area contributed by atoms with Crippen molar-refractivity contribution in [3.63, 3.8) is 0 Å². The van der Waals surface area contributed by atoms with Crippen molar-refractivity contribution in [1.29, 1.82) is 0 Å². The number of carbonyl (C=O) groups excluding carboxylic acids is 2. The predicted octanol–water partition coefficient (Wildman–Crippen LogP) is 0.237. The van der Waals surface area contributed by atoms with E-state index in [1.807, 2.05) is 16.7 Å². The van der Waals surface area contributed by atoms with E-state index in [0.29, 0.717) is 6.54 Å². The fourth-order valence-corrected chi connectivity index (χ4v) is 3.92. The normalized spacial score (nSPS) is 25.1. The van der Waals surface area contributed by atoms with Crippen LogP contribution in [0.5, 0.6) is 0 Å². The second-order valence-electron chi connectivity index (χ2n) is 7.11. The molecule has 23 heavy (non-hydrogen) atoms. The fourth-order valence-electron chi connectivity index (χ4n) is 3.92. The highest BCUT2D eigenvalue weighted by molar-refractivity contribution is 5.81. The lowest BCUT2D eigenvalue weighted by Gasteiger charge is -2.38. The Bertz CT molecular complexity index is 422. The summed E-state index contributed by atoms with van der Waals surface area (Å²) in [6.45, 7) is 9.83. The molecule has 1 atom stereocenters. The van der Waals surface area contributed by atoms with Crippen LogP contribution in [0.3, 0.4) is 0 Å². The third kappa shape index (κ3) is 4.04. The minimum absolute atomic E-state index is 0.0236. The lowest BCUT2D eigenvalue weighted by Crippen LogP contribution is -2.55. The zero-order valence-corrected chi connectivity index (χ0v) is 14.4. The van der Waals surface area contributed by atoms with Gasteiger partial charge in [-0.15, -0.1) is 0 Å². The van der Waals surface area contributed by atoms with Gasteiger partial charge in [0.2, 0.25) is 11.8 Å². The maximum absolute atomic E-state index is 12.5. The SMILES string of the molecule is CC(C(=O)N1CCCC1)N1CCN(CC(=O)N2CCCC2)CC1. The molecule has 1 unspecified atom stereocenters. The average molecular weight is 322 g/mol. The van der Waals surface area contributed by atoms with Crippen LogP contribution in [0.25, 0.3) is 0 Å². The van der Waals surface area contributed by atoms with Crippen LogP contribution in [0.1, 0.15) is 32.6 Å². The van der Waals surface area contributed by atoms with Gasteiger partial charge in [0, 0.05) is 52.4 Å². The van der Waals surface area contributed by atoms with Crippen LogP contribution in [0.4, 0.5) is 0 Å². The fraction of sp³-hybridized carbons (Fsp3) is 0.882. The molecule has 0 radical (unpaired) electrons. The van der Waals surface area contributed by atoms with Crippen LogP contribution in [-0.4, -0.2) is 96.4 Å². The number of piperazine rings is 1. The van der Waals surface area contributed by atoms with Gasteiger partial charge in [0.1, 0.15) is 0 Å². The summed E-state index contributed by atoms with van der Waals surface area (Å²) in [4.78, 5) is 33.2. The van der Waals surface area contributed by atoms with E-state index in [4.69, 9.17) is 0 Å². The summed E-state index contributed by atoms with van der Waals surface area (Å²) in [5.41, 5.74) is 0.